The number of nitrogens with one attached hydrogen (secondary N) is 2. The fourth-order valence-electron chi connectivity index (χ4n) is 3.92. The largest absolute Gasteiger partial charge is 0.497 e. The molecular weight excluding hydrogens is 512 g/mol. The van der Waals surface area contributed by atoms with E-state index in [1.165, 1.54) is 11.8 Å². The Hall–Kier alpha value is -4.11. The number of para-hydroxylation sites is 1. The molecule has 0 aliphatic rings. The van der Waals surface area contributed by atoms with Gasteiger partial charge in [-0.25, -0.2) is 4.98 Å². The van der Waals surface area contributed by atoms with Crippen LogP contribution in [0.3, 0.4) is 0 Å². The van der Waals surface area contributed by atoms with Gasteiger partial charge in [-0.1, -0.05) is 49.9 Å². The van der Waals surface area contributed by atoms with Gasteiger partial charge < -0.3 is 15.4 Å². The van der Waals surface area contributed by atoms with Crippen molar-refractivity contribution in [2.45, 2.75) is 32.0 Å². The average Bonchev–Trinajstić information content (AvgIpc) is 2.94. The van der Waals surface area contributed by atoms with Crippen LogP contribution in [0.2, 0.25) is 0 Å². The van der Waals surface area contributed by atoms with E-state index in [-0.39, 0.29) is 29.7 Å². The lowest BCUT2D eigenvalue weighted by Crippen LogP contribution is -2.26. The van der Waals surface area contributed by atoms with Crippen LogP contribution >= 0.6 is 11.8 Å². The summed E-state index contributed by atoms with van der Waals surface area (Å²) in [4.78, 5) is 43.2. The molecule has 0 aliphatic heterocycles. The summed E-state index contributed by atoms with van der Waals surface area (Å²) in [5.41, 5.74) is 2.45. The van der Waals surface area contributed by atoms with Crippen LogP contribution in [-0.4, -0.2) is 40.8 Å². The summed E-state index contributed by atoms with van der Waals surface area (Å²) in [6.07, 6.45) is 0.917. The van der Waals surface area contributed by atoms with Crippen molar-refractivity contribution in [1.82, 2.24) is 14.9 Å². The SMILES string of the molecule is COc1ccc(NC(=O)CSc2nc3ccccc3c(=O)n2Cc2ccc(C(=O)NCCC(C)C)cc2)cc1. The minimum Gasteiger partial charge on any atom is -0.497 e. The average molecular weight is 545 g/mol. The number of ether oxygens (including phenoxy) is 1. The first-order valence-electron chi connectivity index (χ1n) is 12.8. The Labute approximate surface area is 231 Å². The van der Waals surface area contributed by atoms with E-state index in [4.69, 9.17) is 9.72 Å². The highest BCUT2D eigenvalue weighted by molar-refractivity contribution is 7.99. The predicted octanol–water partition coefficient (Wildman–Crippen LogP) is 4.96. The number of aromatic nitrogens is 2. The fraction of sp³-hybridized carbons (Fsp3) is 0.267. The van der Waals surface area contributed by atoms with Crippen molar-refractivity contribution in [3.8, 4) is 5.75 Å². The van der Waals surface area contributed by atoms with Gasteiger partial charge in [0.25, 0.3) is 11.5 Å². The van der Waals surface area contributed by atoms with Crippen molar-refractivity contribution in [3.05, 3.63) is 94.3 Å². The molecule has 1 heterocycles. The summed E-state index contributed by atoms with van der Waals surface area (Å²) in [5, 5.41) is 6.74. The second-order valence-corrected chi connectivity index (χ2v) is 10.4. The lowest BCUT2D eigenvalue weighted by molar-refractivity contribution is -0.113. The molecule has 0 spiro atoms. The maximum Gasteiger partial charge on any atom is 0.262 e. The molecule has 4 aromatic rings. The molecule has 0 saturated heterocycles. The number of carbonyl (C=O) groups is 2. The topological polar surface area (TPSA) is 102 Å². The highest BCUT2D eigenvalue weighted by atomic mass is 32.2. The van der Waals surface area contributed by atoms with Crippen molar-refractivity contribution < 1.29 is 14.3 Å². The van der Waals surface area contributed by atoms with Crippen molar-refractivity contribution in [2.24, 2.45) is 5.92 Å². The Bertz CT molecular complexity index is 1500. The molecule has 0 unspecified atom stereocenters. The van der Waals surface area contributed by atoms with Crippen LogP contribution in [0.1, 0.15) is 36.2 Å². The van der Waals surface area contributed by atoms with Gasteiger partial charge >= 0.3 is 0 Å². The highest BCUT2D eigenvalue weighted by Crippen LogP contribution is 2.21. The second-order valence-electron chi connectivity index (χ2n) is 9.50. The molecule has 0 atom stereocenters. The first-order valence-corrected chi connectivity index (χ1v) is 13.8. The Balaban J connectivity index is 1.50. The van der Waals surface area contributed by atoms with Crippen LogP contribution in [0, 0.1) is 5.92 Å². The van der Waals surface area contributed by atoms with Gasteiger partial charge in [-0.3, -0.25) is 19.0 Å². The van der Waals surface area contributed by atoms with Crippen LogP contribution < -0.4 is 20.9 Å². The van der Waals surface area contributed by atoms with E-state index in [2.05, 4.69) is 24.5 Å². The number of rotatable bonds is 11. The third-order valence-electron chi connectivity index (χ3n) is 6.10. The van der Waals surface area contributed by atoms with Gasteiger partial charge in [-0.2, -0.15) is 0 Å². The minimum atomic E-state index is -0.216. The highest BCUT2D eigenvalue weighted by Gasteiger charge is 2.15. The van der Waals surface area contributed by atoms with Gasteiger partial charge in [0.1, 0.15) is 5.75 Å². The molecule has 0 fully saturated rings. The minimum absolute atomic E-state index is 0.0757. The number of nitrogens with zero attached hydrogens (tertiary/aromatic N) is 2. The summed E-state index contributed by atoms with van der Waals surface area (Å²) >= 11 is 1.20. The van der Waals surface area contributed by atoms with Gasteiger partial charge in [0.15, 0.2) is 5.16 Å². The summed E-state index contributed by atoms with van der Waals surface area (Å²) < 4.78 is 6.73. The van der Waals surface area contributed by atoms with E-state index in [0.717, 1.165) is 12.0 Å². The Morgan fingerprint density at radius 1 is 1.00 bits per heavy atom. The molecule has 8 nitrogen and oxygen atoms in total. The van der Waals surface area contributed by atoms with E-state index in [1.54, 1.807) is 66.3 Å². The van der Waals surface area contributed by atoms with Crippen LogP contribution in [0.5, 0.6) is 5.75 Å². The maximum atomic E-state index is 13.4. The predicted molar refractivity (Wildman–Crippen MR) is 156 cm³/mol. The third-order valence-corrected chi connectivity index (χ3v) is 7.07. The zero-order valence-corrected chi connectivity index (χ0v) is 23.1. The molecule has 2 N–H and O–H groups in total. The van der Waals surface area contributed by atoms with Crippen molar-refractivity contribution in [1.29, 1.82) is 0 Å². The van der Waals surface area contributed by atoms with Gasteiger partial charge in [-0.05, 0) is 66.4 Å². The van der Waals surface area contributed by atoms with Crippen molar-refractivity contribution in [2.75, 3.05) is 24.7 Å². The molecule has 3 aromatic carbocycles. The number of hydrogen-bond acceptors (Lipinski definition) is 6. The standard InChI is InChI=1S/C30H32N4O4S/c1-20(2)16-17-31-28(36)22-10-8-21(9-11-22)18-34-29(37)25-6-4-5-7-26(25)33-30(34)39-19-27(35)32-23-12-14-24(38-3)15-13-23/h4-15,20H,16-19H2,1-3H3,(H,31,36)(H,32,35). The number of thioether (sulfide) groups is 1. The summed E-state index contributed by atoms with van der Waals surface area (Å²) in [7, 11) is 1.58. The molecule has 202 valence electrons. The lowest BCUT2D eigenvalue weighted by atomic mass is 10.1. The van der Waals surface area contributed by atoms with Gasteiger partial charge in [0.05, 0.1) is 30.3 Å². The van der Waals surface area contributed by atoms with E-state index in [0.29, 0.717) is 45.5 Å². The summed E-state index contributed by atoms with van der Waals surface area (Å²) in [6, 6.07) is 21.4. The molecule has 0 saturated carbocycles. The molecule has 1 aromatic heterocycles. The van der Waals surface area contributed by atoms with E-state index in [1.807, 2.05) is 18.2 Å². The normalized spacial score (nSPS) is 11.0. The van der Waals surface area contributed by atoms with Gasteiger partial charge in [0, 0.05) is 17.8 Å². The summed E-state index contributed by atoms with van der Waals surface area (Å²) in [5.74, 6) is 0.957. The molecule has 2 amide bonds. The number of anilines is 1. The Morgan fingerprint density at radius 3 is 2.41 bits per heavy atom. The Kier molecular flexibility index (Phi) is 9.38. The zero-order valence-electron chi connectivity index (χ0n) is 22.3. The lowest BCUT2D eigenvalue weighted by Gasteiger charge is -2.14. The van der Waals surface area contributed by atoms with Crippen molar-refractivity contribution >= 4 is 40.2 Å². The van der Waals surface area contributed by atoms with Crippen molar-refractivity contribution in [3.63, 3.8) is 0 Å². The third kappa shape index (κ3) is 7.48. The number of carbonyl (C=O) groups excluding carboxylic acids is 2. The fourth-order valence-corrected chi connectivity index (χ4v) is 4.72. The first-order chi connectivity index (χ1) is 18.8. The molecule has 9 heteroatoms. The first kappa shape index (κ1) is 27.9. The van der Waals surface area contributed by atoms with Crippen LogP contribution in [0.4, 0.5) is 5.69 Å². The van der Waals surface area contributed by atoms with E-state index < -0.39 is 0 Å². The quantitative estimate of drug-likeness (QED) is 0.204. The number of fused-ring (bicyclic) bond motifs is 1. The monoisotopic (exact) mass is 544 g/mol. The van der Waals surface area contributed by atoms with Crippen LogP contribution in [0.15, 0.2) is 82.7 Å². The van der Waals surface area contributed by atoms with E-state index >= 15 is 0 Å². The second kappa shape index (κ2) is 13.1. The number of methoxy groups -OCH3 is 1. The van der Waals surface area contributed by atoms with Crippen LogP contribution in [-0.2, 0) is 11.3 Å². The molecule has 4 rings (SSSR count). The smallest absolute Gasteiger partial charge is 0.262 e. The molecule has 0 aliphatic carbocycles. The zero-order chi connectivity index (χ0) is 27.8. The number of hydrogen-bond donors (Lipinski definition) is 2. The molecule has 0 radical (unpaired) electrons. The van der Waals surface area contributed by atoms with Crippen LogP contribution in [0.25, 0.3) is 10.9 Å². The molecule has 0 bridgehead atoms. The van der Waals surface area contributed by atoms with Gasteiger partial charge in [-0.15, -0.1) is 0 Å². The van der Waals surface area contributed by atoms with Gasteiger partial charge in [0.2, 0.25) is 5.91 Å². The molecular formula is C30H32N4O4S. The Morgan fingerprint density at radius 2 is 1.72 bits per heavy atom. The number of benzene rings is 3. The maximum absolute atomic E-state index is 13.4. The van der Waals surface area contributed by atoms with E-state index in [9.17, 15) is 14.4 Å². The molecule has 39 heavy (non-hydrogen) atoms. The number of amides is 2. The summed E-state index contributed by atoms with van der Waals surface area (Å²) in [6.45, 7) is 5.12.